The first-order chi connectivity index (χ1) is 13.1. The number of benzene rings is 1. The number of ether oxygens (including phenoxy) is 1. The van der Waals surface area contributed by atoms with Crippen LogP contribution in [0.1, 0.15) is 35.4 Å². The number of nitrogens with zero attached hydrogens (tertiary/aromatic N) is 6. The molecule has 0 aliphatic carbocycles. The zero-order valence-electron chi connectivity index (χ0n) is 15.8. The Kier molecular flexibility index (Phi) is 4.40. The Bertz CT molecular complexity index is 1030. The molecule has 0 spiro atoms. The number of aryl methyl sites for hydroxylation is 2. The first-order valence-electron chi connectivity index (χ1n) is 9.18. The Hall–Kier alpha value is -3.14. The second-order valence-corrected chi connectivity index (χ2v) is 7.00. The van der Waals surface area contributed by atoms with Crippen LogP contribution in [0, 0.1) is 32.1 Å². The molecular weight excluding hydrogens is 340 g/mol. The predicted molar refractivity (Wildman–Crippen MR) is 102 cm³/mol. The maximum Gasteiger partial charge on any atom is 0.181 e. The van der Waals surface area contributed by atoms with Gasteiger partial charge in [-0.15, -0.1) is 15.3 Å². The van der Waals surface area contributed by atoms with Crippen LogP contribution in [-0.2, 0) is 0 Å². The van der Waals surface area contributed by atoms with Gasteiger partial charge < -0.3 is 9.64 Å². The normalized spacial score (nSPS) is 15.1. The zero-order valence-corrected chi connectivity index (χ0v) is 15.8. The van der Waals surface area contributed by atoms with Gasteiger partial charge in [0.15, 0.2) is 17.3 Å². The molecule has 1 aliphatic heterocycles. The van der Waals surface area contributed by atoms with E-state index in [1.54, 1.807) is 12.1 Å². The van der Waals surface area contributed by atoms with Crippen LogP contribution in [0.25, 0.3) is 5.65 Å². The molecule has 0 atom stereocenters. The highest BCUT2D eigenvalue weighted by Gasteiger charge is 2.24. The Labute approximate surface area is 158 Å². The largest absolute Gasteiger partial charge is 0.490 e. The molecule has 1 saturated heterocycles. The molecular formula is C20H22N6O. The highest BCUT2D eigenvalue weighted by molar-refractivity contribution is 5.59. The van der Waals surface area contributed by atoms with E-state index in [4.69, 9.17) is 15.1 Å². The molecule has 0 unspecified atom stereocenters. The average molecular weight is 362 g/mol. The van der Waals surface area contributed by atoms with Crippen LogP contribution < -0.4 is 9.64 Å². The third kappa shape index (κ3) is 3.19. The second kappa shape index (κ2) is 6.88. The topological polar surface area (TPSA) is 79.3 Å². The maximum absolute atomic E-state index is 9.03. The molecule has 0 N–H and O–H groups in total. The number of hydrogen-bond acceptors (Lipinski definition) is 6. The molecule has 0 radical (unpaired) electrons. The fourth-order valence-electron chi connectivity index (χ4n) is 3.53. The quantitative estimate of drug-likeness (QED) is 0.713. The van der Waals surface area contributed by atoms with E-state index < -0.39 is 0 Å². The van der Waals surface area contributed by atoms with Gasteiger partial charge in [-0.1, -0.05) is 6.07 Å². The first kappa shape index (κ1) is 17.3. The number of fused-ring (bicyclic) bond motifs is 1. The summed E-state index contributed by atoms with van der Waals surface area (Å²) in [7, 11) is 0. The molecule has 138 valence electrons. The van der Waals surface area contributed by atoms with Crippen molar-refractivity contribution in [2.24, 2.45) is 0 Å². The lowest BCUT2D eigenvalue weighted by Crippen LogP contribution is -2.39. The van der Waals surface area contributed by atoms with Crippen molar-refractivity contribution in [2.75, 3.05) is 18.0 Å². The smallest absolute Gasteiger partial charge is 0.181 e. The van der Waals surface area contributed by atoms with Crippen LogP contribution in [0.15, 0.2) is 24.3 Å². The van der Waals surface area contributed by atoms with Gasteiger partial charge in [-0.2, -0.15) is 9.78 Å². The number of anilines is 1. The number of nitriles is 1. The van der Waals surface area contributed by atoms with Crippen molar-refractivity contribution in [3.05, 3.63) is 46.8 Å². The van der Waals surface area contributed by atoms with Crippen molar-refractivity contribution in [3.63, 3.8) is 0 Å². The summed E-state index contributed by atoms with van der Waals surface area (Å²) in [4.78, 5) is 2.31. The molecule has 0 bridgehead atoms. The van der Waals surface area contributed by atoms with Gasteiger partial charge in [0.2, 0.25) is 0 Å². The van der Waals surface area contributed by atoms with E-state index in [1.165, 1.54) is 0 Å². The van der Waals surface area contributed by atoms with Crippen LogP contribution in [0.5, 0.6) is 5.75 Å². The van der Waals surface area contributed by atoms with Crippen LogP contribution in [-0.4, -0.2) is 39.0 Å². The van der Waals surface area contributed by atoms with E-state index in [-0.39, 0.29) is 6.10 Å². The van der Waals surface area contributed by atoms with Crippen molar-refractivity contribution < 1.29 is 4.74 Å². The van der Waals surface area contributed by atoms with E-state index in [0.717, 1.165) is 60.1 Å². The third-order valence-electron chi connectivity index (χ3n) is 5.23. The summed E-state index contributed by atoms with van der Waals surface area (Å²) in [5.74, 6) is 2.55. The molecule has 0 amide bonds. The van der Waals surface area contributed by atoms with Gasteiger partial charge in [0, 0.05) is 37.1 Å². The summed E-state index contributed by atoms with van der Waals surface area (Å²) in [6.07, 6.45) is 1.98. The van der Waals surface area contributed by atoms with E-state index >= 15 is 0 Å². The minimum Gasteiger partial charge on any atom is -0.490 e. The van der Waals surface area contributed by atoms with Crippen LogP contribution >= 0.6 is 0 Å². The monoisotopic (exact) mass is 362 g/mol. The molecule has 2 aromatic heterocycles. The molecule has 4 rings (SSSR count). The molecule has 3 aromatic rings. The van der Waals surface area contributed by atoms with Crippen molar-refractivity contribution in [1.29, 1.82) is 5.26 Å². The Morgan fingerprint density at radius 1 is 1.11 bits per heavy atom. The highest BCUT2D eigenvalue weighted by Crippen LogP contribution is 2.27. The minimum absolute atomic E-state index is 0.150. The number of piperidine rings is 1. The summed E-state index contributed by atoms with van der Waals surface area (Å²) in [6.45, 7) is 7.84. The van der Waals surface area contributed by atoms with Gasteiger partial charge in [-0.05, 0) is 39.0 Å². The van der Waals surface area contributed by atoms with Crippen LogP contribution in [0.4, 0.5) is 5.82 Å². The molecule has 1 aromatic carbocycles. The van der Waals surface area contributed by atoms with Crippen molar-refractivity contribution in [3.8, 4) is 11.8 Å². The van der Waals surface area contributed by atoms with E-state index in [2.05, 4.69) is 35.0 Å². The lowest BCUT2D eigenvalue weighted by Gasteiger charge is -2.33. The lowest BCUT2D eigenvalue weighted by molar-refractivity contribution is 0.170. The minimum atomic E-state index is 0.150. The number of aromatic nitrogens is 4. The van der Waals surface area contributed by atoms with Crippen molar-refractivity contribution in [2.45, 2.75) is 39.7 Å². The summed E-state index contributed by atoms with van der Waals surface area (Å²) in [5, 5.41) is 22.2. The van der Waals surface area contributed by atoms with Gasteiger partial charge in [0.25, 0.3) is 0 Å². The lowest BCUT2D eigenvalue weighted by atomic mass is 10.1. The average Bonchev–Trinajstić information content (AvgIpc) is 3.06. The molecule has 1 fully saturated rings. The molecule has 27 heavy (non-hydrogen) atoms. The van der Waals surface area contributed by atoms with E-state index in [9.17, 15) is 0 Å². The summed E-state index contributed by atoms with van der Waals surface area (Å²) < 4.78 is 7.92. The van der Waals surface area contributed by atoms with E-state index in [1.807, 2.05) is 23.6 Å². The van der Waals surface area contributed by atoms with Gasteiger partial charge in [0.05, 0.1) is 11.6 Å². The summed E-state index contributed by atoms with van der Waals surface area (Å²) in [5.41, 5.74) is 3.71. The van der Waals surface area contributed by atoms with Gasteiger partial charge in [-0.3, -0.25) is 0 Å². The standard InChI is InChI=1S/C20H22N6O/c1-13-14(2)20(24-26-15(3)22-23-19(13)26)25-9-7-17(8-10-25)27-18-6-4-5-16(11-18)12-21/h4-6,11,17H,7-10H2,1-3H3. The second-order valence-electron chi connectivity index (χ2n) is 7.00. The number of hydrogen-bond donors (Lipinski definition) is 0. The van der Waals surface area contributed by atoms with Gasteiger partial charge >= 0.3 is 0 Å². The molecule has 7 nitrogen and oxygen atoms in total. The van der Waals surface area contributed by atoms with Crippen molar-refractivity contribution in [1.82, 2.24) is 19.8 Å². The third-order valence-corrected chi connectivity index (χ3v) is 5.23. The zero-order chi connectivity index (χ0) is 19.0. The van der Waals surface area contributed by atoms with E-state index in [0.29, 0.717) is 5.56 Å². The molecule has 0 saturated carbocycles. The first-order valence-corrected chi connectivity index (χ1v) is 9.18. The summed E-state index contributed by atoms with van der Waals surface area (Å²) >= 11 is 0. The Balaban J connectivity index is 1.49. The fourth-order valence-corrected chi connectivity index (χ4v) is 3.53. The molecule has 3 heterocycles. The highest BCUT2D eigenvalue weighted by atomic mass is 16.5. The number of rotatable bonds is 3. The SMILES string of the molecule is Cc1c(N2CCC(Oc3cccc(C#N)c3)CC2)nn2c(C)nnc2c1C. The Morgan fingerprint density at radius 3 is 2.63 bits per heavy atom. The van der Waals surface area contributed by atoms with Crippen LogP contribution in [0.3, 0.4) is 0 Å². The van der Waals surface area contributed by atoms with Gasteiger partial charge in [0.1, 0.15) is 11.9 Å². The molecule has 7 heteroatoms. The Morgan fingerprint density at radius 2 is 1.89 bits per heavy atom. The van der Waals surface area contributed by atoms with Gasteiger partial charge in [-0.25, -0.2) is 0 Å². The predicted octanol–water partition coefficient (Wildman–Crippen LogP) is 2.97. The molecule has 1 aliphatic rings. The maximum atomic E-state index is 9.03. The van der Waals surface area contributed by atoms with Crippen LogP contribution in [0.2, 0.25) is 0 Å². The fraction of sp³-hybridized carbons (Fsp3) is 0.400. The summed E-state index contributed by atoms with van der Waals surface area (Å²) in [6, 6.07) is 9.50. The van der Waals surface area contributed by atoms with Crippen molar-refractivity contribution >= 4 is 11.5 Å².